The number of aliphatic hydroxyl groups is 1. The first-order valence-corrected chi connectivity index (χ1v) is 14.9. The number of nitriles is 1. The Kier molecular flexibility index (Phi) is 7.48. The second kappa shape index (κ2) is 11.8. The molecule has 230 valence electrons. The fourth-order valence-corrected chi connectivity index (χ4v) is 6.40. The molecule has 1 fully saturated rings. The van der Waals surface area contributed by atoms with Crippen LogP contribution in [-0.2, 0) is 6.54 Å². The molecule has 0 spiro atoms. The number of oxazole rings is 1. The molecule has 0 radical (unpaired) electrons. The summed E-state index contributed by atoms with van der Waals surface area (Å²) in [6.07, 6.45) is 3.00. The summed E-state index contributed by atoms with van der Waals surface area (Å²) in [6.45, 7) is 4.06. The number of carbonyl (C=O) groups excluding carboxylic acids is 1. The number of ether oxygens (including phenoxy) is 2. The molecule has 0 unspecified atom stereocenters. The molecule has 1 atom stereocenters. The molecular formula is C36H31N5O5. The minimum Gasteiger partial charge on any atom is -0.496 e. The lowest BCUT2D eigenvalue weighted by Crippen LogP contribution is -2.22. The average molecular weight is 614 g/mol. The maximum absolute atomic E-state index is 11.4. The Hall–Kier alpha value is -5.50. The maximum Gasteiger partial charge on any atom is 0.227 e. The predicted molar refractivity (Wildman–Crippen MR) is 173 cm³/mol. The molecule has 4 aromatic carbocycles. The van der Waals surface area contributed by atoms with Gasteiger partial charge in [-0.1, -0.05) is 24.3 Å². The van der Waals surface area contributed by atoms with Gasteiger partial charge < -0.3 is 19.0 Å². The van der Waals surface area contributed by atoms with Gasteiger partial charge in [-0.05, 0) is 54.3 Å². The number of aldehydes is 1. The van der Waals surface area contributed by atoms with Gasteiger partial charge in [-0.25, -0.2) is 9.67 Å². The molecule has 1 aliphatic heterocycles. The topological polar surface area (TPSA) is 127 Å². The largest absolute Gasteiger partial charge is 0.496 e. The van der Waals surface area contributed by atoms with Gasteiger partial charge in [0.1, 0.15) is 29.4 Å². The summed E-state index contributed by atoms with van der Waals surface area (Å²) in [5.41, 5.74) is 7.78. The second-order valence-corrected chi connectivity index (χ2v) is 11.4. The highest BCUT2D eigenvalue weighted by Gasteiger charge is 2.24. The van der Waals surface area contributed by atoms with Crippen LogP contribution in [0.2, 0.25) is 0 Å². The van der Waals surface area contributed by atoms with E-state index in [4.69, 9.17) is 19.0 Å². The van der Waals surface area contributed by atoms with Crippen molar-refractivity contribution in [2.24, 2.45) is 0 Å². The van der Waals surface area contributed by atoms with Crippen molar-refractivity contribution in [3.63, 3.8) is 0 Å². The number of nitrogens with zero attached hydrogens (tertiary/aromatic N) is 5. The maximum atomic E-state index is 11.4. The number of rotatable bonds is 8. The first-order chi connectivity index (χ1) is 22.4. The summed E-state index contributed by atoms with van der Waals surface area (Å²) in [6, 6.07) is 21.2. The van der Waals surface area contributed by atoms with E-state index >= 15 is 0 Å². The van der Waals surface area contributed by atoms with Crippen molar-refractivity contribution in [2.75, 3.05) is 27.3 Å². The lowest BCUT2D eigenvalue weighted by Gasteiger charge is -2.20. The number of aliphatic hydroxyl groups excluding tert-OH is 1. The van der Waals surface area contributed by atoms with Gasteiger partial charge in [0, 0.05) is 48.3 Å². The summed E-state index contributed by atoms with van der Waals surface area (Å²) in [7, 11) is 3.30. The smallest absolute Gasteiger partial charge is 0.227 e. The number of fused-ring (bicyclic) bond motifs is 2. The third-order valence-corrected chi connectivity index (χ3v) is 8.70. The minimum atomic E-state index is -0.312. The third kappa shape index (κ3) is 4.96. The van der Waals surface area contributed by atoms with Gasteiger partial charge in [0.05, 0.1) is 48.9 Å². The van der Waals surface area contributed by atoms with Gasteiger partial charge in [-0.3, -0.25) is 9.69 Å². The zero-order valence-corrected chi connectivity index (χ0v) is 25.7. The van der Waals surface area contributed by atoms with Crippen LogP contribution < -0.4 is 9.47 Å². The van der Waals surface area contributed by atoms with Gasteiger partial charge >= 0.3 is 0 Å². The fraction of sp³-hybridized carbons (Fsp3) is 0.222. The molecule has 2 aromatic heterocycles. The van der Waals surface area contributed by atoms with Gasteiger partial charge in [-0.2, -0.15) is 10.4 Å². The summed E-state index contributed by atoms with van der Waals surface area (Å²) < 4.78 is 19.6. The number of β-amino-alcohol motifs (C(OH)–C–C–N with tert-alkyl or cyclic N) is 1. The average Bonchev–Trinajstić information content (AvgIpc) is 3.82. The zero-order chi connectivity index (χ0) is 31.9. The number of hydrogen-bond donors (Lipinski definition) is 1. The highest BCUT2D eigenvalue weighted by atomic mass is 16.5. The van der Waals surface area contributed by atoms with Crippen molar-refractivity contribution >= 4 is 28.3 Å². The standard InChI is InChI=1S/C36H31N5O5/c1-21-26(6-4-7-27(21)36-39-31-13-22(20-42)12-23(16-37)35(31)46-36)28-8-5-9-32-29(28)17-38-41(32)24-14-33(44-2)30(34(15-24)45-3)19-40-11-10-25(43)18-40/h4-9,12-15,17,20,25,43H,10-11,18-19H2,1-3H3/t25-/m1/s1. The lowest BCUT2D eigenvalue weighted by molar-refractivity contribution is 0.112. The second-order valence-electron chi connectivity index (χ2n) is 11.4. The number of benzene rings is 4. The SMILES string of the molecule is COc1cc(-n2ncc3c(-c4cccc(-c5nc6cc(C=O)cc(C#N)c6o5)c4C)cccc32)cc(OC)c1CN1CC[C@@H](O)C1. The molecule has 0 bridgehead atoms. The molecule has 7 rings (SSSR count). The van der Waals surface area contributed by atoms with Crippen LogP contribution >= 0.6 is 0 Å². The van der Waals surface area contributed by atoms with E-state index in [-0.39, 0.29) is 11.7 Å². The molecule has 1 aliphatic rings. The highest BCUT2D eigenvalue weighted by molar-refractivity contribution is 5.97. The first-order valence-electron chi connectivity index (χ1n) is 14.9. The molecule has 0 aliphatic carbocycles. The van der Waals surface area contributed by atoms with Gasteiger partial charge in [0.25, 0.3) is 0 Å². The summed E-state index contributed by atoms with van der Waals surface area (Å²) in [5.74, 6) is 1.76. The fourth-order valence-electron chi connectivity index (χ4n) is 6.40. The molecule has 10 heteroatoms. The van der Waals surface area contributed by atoms with Crippen molar-refractivity contribution in [3.8, 4) is 45.8 Å². The quantitative estimate of drug-likeness (QED) is 0.203. The van der Waals surface area contributed by atoms with Crippen LogP contribution in [-0.4, -0.2) is 64.5 Å². The molecule has 1 N–H and O–H groups in total. The Labute approximate surface area is 265 Å². The van der Waals surface area contributed by atoms with Crippen LogP contribution in [0.4, 0.5) is 0 Å². The minimum absolute atomic E-state index is 0.264. The summed E-state index contributed by atoms with van der Waals surface area (Å²) in [4.78, 5) is 18.2. The summed E-state index contributed by atoms with van der Waals surface area (Å²) >= 11 is 0. The van der Waals surface area contributed by atoms with Crippen LogP contribution in [0.3, 0.4) is 0 Å². The number of aromatic nitrogens is 3. The van der Waals surface area contributed by atoms with Crippen molar-refractivity contribution < 1.29 is 23.8 Å². The van der Waals surface area contributed by atoms with E-state index in [1.807, 2.05) is 54.2 Å². The molecule has 0 saturated carbocycles. The first kappa shape index (κ1) is 29.2. The normalized spacial score (nSPS) is 15.0. The van der Waals surface area contributed by atoms with Crippen LogP contribution in [0.1, 0.15) is 33.5 Å². The molecule has 3 heterocycles. The van der Waals surface area contributed by atoms with E-state index < -0.39 is 0 Å². The van der Waals surface area contributed by atoms with Crippen LogP contribution in [0.25, 0.3) is 50.3 Å². The van der Waals surface area contributed by atoms with E-state index in [2.05, 4.69) is 28.1 Å². The van der Waals surface area contributed by atoms with Crippen molar-refractivity contribution in [2.45, 2.75) is 26.0 Å². The third-order valence-electron chi connectivity index (χ3n) is 8.70. The number of hydrogen-bond acceptors (Lipinski definition) is 9. The van der Waals surface area contributed by atoms with E-state index in [0.717, 1.165) is 57.4 Å². The van der Waals surface area contributed by atoms with E-state index in [0.29, 0.717) is 53.4 Å². The van der Waals surface area contributed by atoms with E-state index in [9.17, 15) is 15.2 Å². The number of methoxy groups -OCH3 is 2. The van der Waals surface area contributed by atoms with Gasteiger partial charge in [0.2, 0.25) is 5.89 Å². The van der Waals surface area contributed by atoms with E-state index in [1.54, 1.807) is 20.3 Å². The van der Waals surface area contributed by atoms with Gasteiger partial charge in [0.15, 0.2) is 5.58 Å². The Morgan fingerprint density at radius 1 is 1.07 bits per heavy atom. The van der Waals surface area contributed by atoms with Gasteiger partial charge in [-0.15, -0.1) is 0 Å². The Bertz CT molecular complexity index is 2150. The van der Waals surface area contributed by atoms with Crippen molar-refractivity contribution in [1.82, 2.24) is 19.7 Å². The molecule has 10 nitrogen and oxygen atoms in total. The molecule has 0 amide bonds. The van der Waals surface area contributed by atoms with Crippen LogP contribution in [0.5, 0.6) is 11.5 Å². The van der Waals surface area contributed by atoms with Crippen molar-refractivity contribution in [1.29, 1.82) is 5.26 Å². The molecular weight excluding hydrogens is 582 g/mol. The van der Waals surface area contributed by atoms with Crippen LogP contribution in [0.15, 0.2) is 71.3 Å². The van der Waals surface area contributed by atoms with Crippen molar-refractivity contribution in [3.05, 3.63) is 89.1 Å². The highest BCUT2D eigenvalue weighted by Crippen LogP contribution is 2.39. The number of carbonyl (C=O) groups is 1. The number of likely N-dealkylation sites (tertiary alicyclic amines) is 1. The molecule has 6 aromatic rings. The predicted octanol–water partition coefficient (Wildman–Crippen LogP) is 6.08. The Balaban J connectivity index is 1.30. The monoisotopic (exact) mass is 613 g/mol. The molecule has 1 saturated heterocycles. The Morgan fingerprint density at radius 2 is 1.80 bits per heavy atom. The lowest BCUT2D eigenvalue weighted by atomic mass is 9.94. The van der Waals surface area contributed by atoms with Crippen LogP contribution in [0, 0.1) is 18.3 Å². The zero-order valence-electron chi connectivity index (χ0n) is 25.7. The Morgan fingerprint density at radius 3 is 2.50 bits per heavy atom. The van der Waals surface area contributed by atoms with E-state index in [1.165, 1.54) is 6.07 Å². The summed E-state index contributed by atoms with van der Waals surface area (Å²) in [5, 5.41) is 25.4. The molecule has 46 heavy (non-hydrogen) atoms.